The number of aryl methyl sites for hydroxylation is 1. The average molecular weight is 490 g/mol. The second-order valence-electron chi connectivity index (χ2n) is 8.89. The minimum absolute atomic E-state index is 0.0552. The number of benzene rings is 3. The zero-order valence-corrected chi connectivity index (χ0v) is 19.8. The standard InChI is InChI=1S/C26H20Cl4O/c1-16-10-8-9-15-19(16)20-21-23(25(21,27)28,17-11-4-2-5-12-17)31-24(22(20)26(24,29)30)18-13-6-3-7-14-18/h2-15,20-22H,1H3/t20?,21-,22-,23-,24+/m0/s1. The third kappa shape index (κ3) is 2.35. The van der Waals surface area contributed by atoms with Gasteiger partial charge in [0, 0.05) is 17.8 Å². The van der Waals surface area contributed by atoms with Crippen molar-refractivity contribution >= 4 is 46.4 Å². The first-order chi connectivity index (χ1) is 14.8. The molecule has 1 nitrogen and oxygen atoms in total. The molecule has 0 radical (unpaired) electrons. The Labute approximate surface area is 202 Å². The summed E-state index contributed by atoms with van der Waals surface area (Å²) in [4.78, 5) is 0. The van der Waals surface area contributed by atoms with E-state index in [1.807, 2.05) is 72.8 Å². The van der Waals surface area contributed by atoms with E-state index < -0.39 is 19.9 Å². The fourth-order valence-corrected chi connectivity index (χ4v) is 8.03. The Kier molecular flexibility index (Phi) is 4.23. The number of rotatable bonds is 3. The van der Waals surface area contributed by atoms with Crippen molar-refractivity contribution in [2.24, 2.45) is 11.8 Å². The van der Waals surface area contributed by atoms with E-state index in [0.29, 0.717) is 0 Å². The largest absolute Gasteiger partial charge is 0.352 e. The van der Waals surface area contributed by atoms with Crippen molar-refractivity contribution in [3.8, 4) is 0 Å². The lowest BCUT2D eigenvalue weighted by atomic mass is 9.80. The van der Waals surface area contributed by atoms with Gasteiger partial charge in [-0.3, -0.25) is 0 Å². The van der Waals surface area contributed by atoms with Gasteiger partial charge in [0.1, 0.15) is 11.2 Å². The highest BCUT2D eigenvalue weighted by Gasteiger charge is 2.95. The third-order valence-electron chi connectivity index (χ3n) is 7.47. The quantitative estimate of drug-likeness (QED) is 0.346. The molecule has 1 saturated heterocycles. The first kappa shape index (κ1) is 20.4. The molecule has 2 aliphatic carbocycles. The normalized spacial score (nSPS) is 36.2. The van der Waals surface area contributed by atoms with Gasteiger partial charge in [-0.2, -0.15) is 0 Å². The molecule has 1 heterocycles. The summed E-state index contributed by atoms with van der Waals surface area (Å²) in [5.41, 5.74) is 2.45. The molecule has 3 aromatic rings. The Morgan fingerprint density at radius 3 is 1.48 bits per heavy atom. The van der Waals surface area contributed by atoms with E-state index in [1.54, 1.807) is 0 Å². The Bertz CT molecular complexity index is 1090. The highest BCUT2D eigenvalue weighted by atomic mass is 35.5. The minimum Gasteiger partial charge on any atom is -0.352 e. The topological polar surface area (TPSA) is 9.23 Å². The maximum Gasteiger partial charge on any atom is 0.158 e. The molecule has 5 heteroatoms. The second-order valence-corrected chi connectivity index (χ2v) is 11.7. The number of fused-ring (bicyclic) bond motifs is 2. The smallest absolute Gasteiger partial charge is 0.158 e. The number of hydrogen-bond acceptors (Lipinski definition) is 1. The van der Waals surface area contributed by atoms with Crippen LogP contribution in [0.3, 0.4) is 0 Å². The van der Waals surface area contributed by atoms with Gasteiger partial charge in [0.05, 0.1) is 0 Å². The summed E-state index contributed by atoms with van der Waals surface area (Å²) in [5.74, 6) is -0.401. The lowest BCUT2D eigenvalue weighted by Gasteiger charge is -2.35. The summed E-state index contributed by atoms with van der Waals surface area (Å²) in [7, 11) is 0. The molecule has 6 rings (SSSR count). The Hall–Kier alpha value is -1.22. The number of alkyl halides is 4. The Morgan fingerprint density at radius 1 is 0.613 bits per heavy atom. The van der Waals surface area contributed by atoms with Crippen molar-refractivity contribution in [2.45, 2.75) is 32.7 Å². The third-order valence-corrected chi connectivity index (χ3v) is 9.54. The van der Waals surface area contributed by atoms with Crippen LogP contribution in [0.4, 0.5) is 0 Å². The molecule has 1 unspecified atom stereocenters. The van der Waals surface area contributed by atoms with Gasteiger partial charge >= 0.3 is 0 Å². The van der Waals surface area contributed by atoms with Crippen molar-refractivity contribution in [1.82, 2.24) is 0 Å². The van der Waals surface area contributed by atoms with E-state index in [4.69, 9.17) is 51.1 Å². The van der Waals surface area contributed by atoms with Crippen LogP contribution in [0.5, 0.6) is 0 Å². The van der Waals surface area contributed by atoms with E-state index in [2.05, 4.69) is 19.1 Å². The van der Waals surface area contributed by atoms with Crippen molar-refractivity contribution < 1.29 is 4.74 Å². The predicted octanol–water partition coefficient (Wildman–Crippen LogP) is 7.51. The van der Waals surface area contributed by atoms with Gasteiger partial charge in [-0.05, 0) is 29.2 Å². The molecule has 0 aromatic heterocycles. The van der Waals surface area contributed by atoms with E-state index >= 15 is 0 Å². The molecular formula is C26H20Cl4O. The van der Waals surface area contributed by atoms with E-state index in [-0.39, 0.29) is 17.8 Å². The molecule has 3 aromatic carbocycles. The average Bonchev–Trinajstić information content (AvgIpc) is 3.51. The second kappa shape index (κ2) is 6.43. The highest BCUT2D eigenvalue weighted by Crippen LogP contribution is 2.89. The van der Waals surface area contributed by atoms with E-state index in [1.165, 1.54) is 11.1 Å². The van der Waals surface area contributed by atoms with Crippen LogP contribution in [0.2, 0.25) is 0 Å². The van der Waals surface area contributed by atoms with Gasteiger partial charge in [0.2, 0.25) is 0 Å². The number of ether oxygens (including phenoxy) is 1. The molecule has 0 bridgehead atoms. The molecule has 158 valence electrons. The lowest BCUT2D eigenvalue weighted by molar-refractivity contribution is -0.100. The molecule has 3 fully saturated rings. The molecule has 0 spiro atoms. The predicted molar refractivity (Wildman–Crippen MR) is 127 cm³/mol. The molecule has 31 heavy (non-hydrogen) atoms. The van der Waals surface area contributed by atoms with Crippen LogP contribution in [-0.4, -0.2) is 8.67 Å². The van der Waals surface area contributed by atoms with Crippen molar-refractivity contribution in [2.75, 3.05) is 0 Å². The summed E-state index contributed by atoms with van der Waals surface area (Å²) in [5, 5.41) is 0. The van der Waals surface area contributed by atoms with Crippen LogP contribution in [0.25, 0.3) is 0 Å². The zero-order valence-electron chi connectivity index (χ0n) is 16.7. The SMILES string of the molecule is Cc1ccccc1C1[C@@H]2C(Cl)(Cl)[C@]2(c2ccccc2)O[C@@]2(c3ccccc3)[C@H]1C2(Cl)Cl. The minimum atomic E-state index is -1.10. The maximum atomic E-state index is 7.08. The van der Waals surface area contributed by atoms with Crippen LogP contribution in [0, 0.1) is 18.8 Å². The van der Waals surface area contributed by atoms with E-state index in [9.17, 15) is 0 Å². The van der Waals surface area contributed by atoms with Gasteiger partial charge in [0.15, 0.2) is 8.67 Å². The van der Waals surface area contributed by atoms with Crippen LogP contribution in [0.1, 0.15) is 28.2 Å². The van der Waals surface area contributed by atoms with Gasteiger partial charge < -0.3 is 4.74 Å². The van der Waals surface area contributed by atoms with Gasteiger partial charge in [-0.1, -0.05) is 131 Å². The Balaban J connectivity index is 1.62. The van der Waals surface area contributed by atoms with Gasteiger partial charge in [-0.25, -0.2) is 0 Å². The molecular weight excluding hydrogens is 470 g/mol. The molecule has 0 N–H and O–H groups in total. The van der Waals surface area contributed by atoms with Gasteiger partial charge in [0.25, 0.3) is 0 Å². The fourth-order valence-electron chi connectivity index (χ4n) is 6.03. The van der Waals surface area contributed by atoms with E-state index in [0.717, 1.165) is 11.1 Å². The summed E-state index contributed by atoms with van der Waals surface area (Å²) >= 11 is 28.3. The first-order valence-electron chi connectivity index (χ1n) is 10.4. The molecule has 1 aliphatic heterocycles. The van der Waals surface area contributed by atoms with Crippen LogP contribution in [0.15, 0.2) is 84.9 Å². The maximum absolute atomic E-state index is 7.08. The van der Waals surface area contributed by atoms with Crippen LogP contribution >= 0.6 is 46.4 Å². The van der Waals surface area contributed by atoms with Crippen molar-refractivity contribution in [1.29, 1.82) is 0 Å². The van der Waals surface area contributed by atoms with Crippen molar-refractivity contribution in [3.05, 3.63) is 107 Å². The highest BCUT2D eigenvalue weighted by molar-refractivity contribution is 6.54. The molecule has 0 amide bonds. The monoisotopic (exact) mass is 488 g/mol. The molecule has 5 atom stereocenters. The summed E-state index contributed by atoms with van der Waals surface area (Å²) in [6, 6.07) is 28.3. The fraction of sp³-hybridized carbons (Fsp3) is 0.308. The molecule has 3 aliphatic rings. The van der Waals surface area contributed by atoms with Crippen molar-refractivity contribution in [3.63, 3.8) is 0 Å². The zero-order chi connectivity index (χ0) is 21.6. The molecule has 2 saturated carbocycles. The summed E-state index contributed by atoms with van der Waals surface area (Å²) in [6.45, 7) is 2.11. The lowest BCUT2D eigenvalue weighted by Crippen LogP contribution is -2.35. The summed E-state index contributed by atoms with van der Waals surface area (Å²) in [6.07, 6.45) is 0. The van der Waals surface area contributed by atoms with Crippen LogP contribution in [-0.2, 0) is 15.9 Å². The number of halogens is 4. The number of hydrogen-bond donors (Lipinski definition) is 0. The van der Waals surface area contributed by atoms with Crippen LogP contribution < -0.4 is 0 Å². The Morgan fingerprint density at radius 2 is 1.03 bits per heavy atom. The van der Waals surface area contributed by atoms with Gasteiger partial charge in [-0.15, -0.1) is 0 Å². The summed E-state index contributed by atoms with van der Waals surface area (Å²) < 4.78 is 4.78. The first-order valence-corrected chi connectivity index (χ1v) is 11.9.